The van der Waals surface area contributed by atoms with Crippen LogP contribution in [0.4, 0.5) is 0 Å². The minimum Gasteiger partial charge on any atom is -0.423 e. The second kappa shape index (κ2) is 2.86. The predicted octanol–water partition coefficient (Wildman–Crippen LogP) is -0.0239. The number of fused-ring (bicyclic) bond motifs is 1. The molecule has 0 aliphatic heterocycles. The fourth-order valence-corrected chi connectivity index (χ4v) is 1.74. The molecule has 2 N–H and O–H groups in total. The number of hydrogen-bond donors (Lipinski definition) is 2. The monoisotopic (exact) mass is 179 g/mol. The Hall–Kier alpha value is -0.905. The maximum atomic E-state index is 8.84. The van der Waals surface area contributed by atoms with Crippen molar-refractivity contribution in [2.75, 3.05) is 0 Å². The van der Waals surface area contributed by atoms with Gasteiger partial charge in [0.2, 0.25) is 0 Å². The van der Waals surface area contributed by atoms with Crippen LogP contribution >= 0.6 is 11.3 Å². The Morgan fingerprint density at radius 1 is 1.42 bits per heavy atom. The van der Waals surface area contributed by atoms with E-state index in [0.29, 0.717) is 5.46 Å². The summed E-state index contributed by atoms with van der Waals surface area (Å²) in [6, 6.07) is 3.63. The predicted molar refractivity (Wildman–Crippen MR) is 49.4 cm³/mol. The zero-order valence-electron chi connectivity index (χ0n) is 6.14. The standard InChI is InChI=1S/C7H6BNO2S/c10-8(11)6-3-5-1-2-12-7(5)9-4-6/h1-4,10-11H. The van der Waals surface area contributed by atoms with Gasteiger partial charge in [-0.1, -0.05) is 6.07 Å². The molecule has 2 heterocycles. The third kappa shape index (κ3) is 1.22. The summed E-state index contributed by atoms with van der Waals surface area (Å²) in [6.07, 6.45) is 1.48. The SMILES string of the molecule is OB(O)c1cnc2sccc2c1. The molecular formula is C7H6BNO2S. The van der Waals surface area contributed by atoms with Gasteiger partial charge in [-0.15, -0.1) is 11.3 Å². The summed E-state index contributed by atoms with van der Waals surface area (Å²) in [4.78, 5) is 4.98. The van der Waals surface area contributed by atoms with Crippen molar-refractivity contribution < 1.29 is 10.0 Å². The Kier molecular flexibility index (Phi) is 1.84. The fourth-order valence-electron chi connectivity index (χ4n) is 1.02. The van der Waals surface area contributed by atoms with Crippen molar-refractivity contribution in [2.45, 2.75) is 0 Å². The molecule has 0 aliphatic carbocycles. The molecule has 0 aromatic carbocycles. The van der Waals surface area contributed by atoms with Crippen LogP contribution in [-0.2, 0) is 0 Å². The highest BCUT2D eigenvalue weighted by Crippen LogP contribution is 2.15. The van der Waals surface area contributed by atoms with Gasteiger partial charge in [-0.3, -0.25) is 0 Å². The Balaban J connectivity index is 2.60. The third-order valence-electron chi connectivity index (χ3n) is 1.63. The molecule has 2 aromatic rings. The van der Waals surface area contributed by atoms with Crippen molar-refractivity contribution in [3.05, 3.63) is 23.7 Å². The van der Waals surface area contributed by atoms with Gasteiger partial charge in [0.1, 0.15) is 4.83 Å². The first kappa shape index (κ1) is 7.73. The quantitative estimate of drug-likeness (QED) is 0.604. The molecule has 0 saturated heterocycles. The van der Waals surface area contributed by atoms with E-state index in [0.717, 1.165) is 10.2 Å². The summed E-state index contributed by atoms with van der Waals surface area (Å²) in [6.45, 7) is 0. The number of nitrogens with zero attached hydrogens (tertiary/aromatic N) is 1. The lowest BCUT2D eigenvalue weighted by atomic mass is 9.81. The summed E-state index contributed by atoms with van der Waals surface area (Å²) in [7, 11) is -1.43. The molecule has 0 aliphatic rings. The van der Waals surface area contributed by atoms with Crippen molar-refractivity contribution >= 4 is 34.1 Å². The van der Waals surface area contributed by atoms with Crippen molar-refractivity contribution in [3.63, 3.8) is 0 Å². The Labute approximate surface area is 73.5 Å². The molecule has 5 heteroatoms. The Morgan fingerprint density at radius 3 is 3.00 bits per heavy atom. The lowest BCUT2D eigenvalue weighted by Crippen LogP contribution is -2.29. The maximum Gasteiger partial charge on any atom is 0.490 e. The molecule has 0 bridgehead atoms. The summed E-state index contributed by atoms with van der Waals surface area (Å²) < 4.78 is 0. The first-order valence-corrected chi connectivity index (χ1v) is 4.34. The molecule has 0 saturated carbocycles. The van der Waals surface area contributed by atoms with Crippen molar-refractivity contribution in [3.8, 4) is 0 Å². The smallest absolute Gasteiger partial charge is 0.423 e. The fraction of sp³-hybridized carbons (Fsp3) is 0. The van der Waals surface area contributed by atoms with Gasteiger partial charge in [-0.05, 0) is 11.4 Å². The van der Waals surface area contributed by atoms with Gasteiger partial charge >= 0.3 is 7.12 Å². The van der Waals surface area contributed by atoms with Crippen LogP contribution < -0.4 is 5.46 Å². The van der Waals surface area contributed by atoms with Gasteiger partial charge in [-0.2, -0.15) is 0 Å². The summed E-state index contributed by atoms with van der Waals surface area (Å²) in [5.41, 5.74) is 0.431. The van der Waals surface area contributed by atoms with Crippen molar-refractivity contribution in [1.82, 2.24) is 4.98 Å². The average molecular weight is 179 g/mol. The van der Waals surface area contributed by atoms with E-state index in [9.17, 15) is 0 Å². The van der Waals surface area contributed by atoms with Crippen molar-refractivity contribution in [2.24, 2.45) is 0 Å². The molecule has 2 aromatic heterocycles. The normalized spacial score (nSPS) is 10.5. The molecule has 60 valence electrons. The molecule has 12 heavy (non-hydrogen) atoms. The minimum absolute atomic E-state index is 0.431. The van der Waals surface area contributed by atoms with Crippen molar-refractivity contribution in [1.29, 1.82) is 0 Å². The number of hydrogen-bond acceptors (Lipinski definition) is 4. The van der Waals surface area contributed by atoms with Gasteiger partial charge in [-0.25, -0.2) is 4.98 Å². The van der Waals surface area contributed by atoms with Crippen LogP contribution in [0, 0.1) is 0 Å². The highest BCUT2D eigenvalue weighted by atomic mass is 32.1. The van der Waals surface area contributed by atoms with Crippen LogP contribution in [0.2, 0.25) is 0 Å². The molecule has 0 unspecified atom stereocenters. The number of aromatic nitrogens is 1. The molecule has 3 nitrogen and oxygen atoms in total. The second-order valence-corrected chi connectivity index (χ2v) is 3.35. The highest BCUT2D eigenvalue weighted by molar-refractivity contribution is 7.16. The molecule has 0 atom stereocenters. The second-order valence-electron chi connectivity index (χ2n) is 2.46. The first-order valence-electron chi connectivity index (χ1n) is 3.46. The largest absolute Gasteiger partial charge is 0.490 e. The van der Waals surface area contributed by atoms with Gasteiger partial charge in [0, 0.05) is 17.0 Å². The Bertz CT molecular complexity index is 401. The van der Waals surface area contributed by atoms with Gasteiger partial charge < -0.3 is 10.0 Å². The molecule has 0 spiro atoms. The number of thiophene rings is 1. The van der Waals surface area contributed by atoms with Gasteiger partial charge in [0.15, 0.2) is 0 Å². The first-order chi connectivity index (χ1) is 5.77. The molecular weight excluding hydrogens is 173 g/mol. The average Bonchev–Trinajstić information content (AvgIpc) is 2.49. The third-order valence-corrected chi connectivity index (χ3v) is 2.46. The summed E-state index contributed by atoms with van der Waals surface area (Å²) in [5, 5.41) is 20.6. The van der Waals surface area contributed by atoms with Crippen LogP contribution in [-0.4, -0.2) is 22.2 Å². The van der Waals surface area contributed by atoms with E-state index in [1.807, 2.05) is 11.4 Å². The van der Waals surface area contributed by atoms with Crippen LogP contribution in [0.3, 0.4) is 0 Å². The van der Waals surface area contributed by atoms with Crippen LogP contribution in [0.25, 0.3) is 10.2 Å². The minimum atomic E-state index is -1.43. The summed E-state index contributed by atoms with van der Waals surface area (Å²) in [5.74, 6) is 0. The van der Waals surface area contributed by atoms with Gasteiger partial charge in [0.05, 0.1) is 0 Å². The topological polar surface area (TPSA) is 53.4 Å². The lowest BCUT2D eigenvalue weighted by Gasteiger charge is -1.96. The van der Waals surface area contributed by atoms with Crippen LogP contribution in [0.5, 0.6) is 0 Å². The molecule has 0 fully saturated rings. The van der Waals surface area contributed by atoms with Crippen LogP contribution in [0.15, 0.2) is 23.7 Å². The number of pyridine rings is 1. The molecule has 0 radical (unpaired) electrons. The van der Waals surface area contributed by atoms with E-state index in [1.165, 1.54) is 17.5 Å². The maximum absolute atomic E-state index is 8.84. The van der Waals surface area contributed by atoms with Crippen LogP contribution in [0.1, 0.15) is 0 Å². The molecule has 2 rings (SSSR count). The zero-order chi connectivity index (χ0) is 8.55. The zero-order valence-corrected chi connectivity index (χ0v) is 6.95. The van der Waals surface area contributed by atoms with E-state index >= 15 is 0 Å². The molecule has 0 amide bonds. The van der Waals surface area contributed by atoms with E-state index < -0.39 is 7.12 Å². The van der Waals surface area contributed by atoms with E-state index in [1.54, 1.807) is 6.07 Å². The van der Waals surface area contributed by atoms with E-state index in [2.05, 4.69) is 4.98 Å². The van der Waals surface area contributed by atoms with E-state index in [-0.39, 0.29) is 0 Å². The van der Waals surface area contributed by atoms with E-state index in [4.69, 9.17) is 10.0 Å². The highest BCUT2D eigenvalue weighted by Gasteiger charge is 2.11. The number of rotatable bonds is 1. The Morgan fingerprint density at radius 2 is 2.25 bits per heavy atom. The summed E-state index contributed by atoms with van der Waals surface area (Å²) >= 11 is 1.53. The van der Waals surface area contributed by atoms with Gasteiger partial charge in [0.25, 0.3) is 0 Å². The lowest BCUT2D eigenvalue weighted by molar-refractivity contribution is 0.425.